The van der Waals surface area contributed by atoms with E-state index in [2.05, 4.69) is 93.7 Å². The van der Waals surface area contributed by atoms with Crippen molar-refractivity contribution in [2.24, 2.45) is 0 Å². The molecule has 0 aromatic heterocycles. The largest absolute Gasteiger partial charge is 0.472 e. The van der Waals surface area contributed by atoms with Gasteiger partial charge in [0.15, 0.2) is 6.10 Å². The summed E-state index contributed by atoms with van der Waals surface area (Å²) >= 11 is 0. The van der Waals surface area contributed by atoms with Crippen molar-refractivity contribution in [3.8, 4) is 0 Å². The maximum absolute atomic E-state index is 12.8. The second-order valence-electron chi connectivity index (χ2n) is 20.1. The first-order chi connectivity index (χ1) is 38.2. The van der Waals surface area contributed by atoms with Crippen LogP contribution in [0.2, 0.25) is 0 Å². The van der Waals surface area contributed by atoms with Crippen LogP contribution in [0.1, 0.15) is 239 Å². The van der Waals surface area contributed by atoms with Gasteiger partial charge in [0, 0.05) is 19.3 Å². The van der Waals surface area contributed by atoms with E-state index in [1.165, 1.54) is 51.4 Å². The third kappa shape index (κ3) is 56.6. The van der Waals surface area contributed by atoms with Gasteiger partial charge in [-0.2, -0.15) is 0 Å². The van der Waals surface area contributed by atoms with E-state index < -0.39 is 91.5 Å². The van der Waals surface area contributed by atoms with Gasteiger partial charge in [-0.1, -0.05) is 209 Å². The SMILES string of the molecule is CC/C=C\C/C=C\C/C=C\C/C=C\CCCCCCC(=O)OCC(O)COP(=O)(O)OCC(O)COP(=O)(O)OCC(COC(=O)CCCCCCC/C=C\C/C=C\CCC)OC(=O)CCCCCCCCCCCCCCC. The Bertz CT molecular complexity index is 1750. The van der Waals surface area contributed by atoms with Crippen LogP contribution in [0.5, 0.6) is 0 Å². The Hall–Kier alpha value is -3.01. The van der Waals surface area contributed by atoms with Gasteiger partial charge < -0.3 is 34.2 Å². The lowest BCUT2D eigenvalue weighted by molar-refractivity contribution is -0.161. The third-order valence-corrected chi connectivity index (χ3v) is 14.3. The summed E-state index contributed by atoms with van der Waals surface area (Å²) < 4.78 is 60.6. The van der Waals surface area contributed by atoms with Crippen LogP contribution in [-0.4, -0.2) is 95.9 Å². The Morgan fingerprint density at radius 3 is 1.11 bits per heavy atom. The van der Waals surface area contributed by atoms with Crippen molar-refractivity contribution >= 4 is 33.6 Å². The van der Waals surface area contributed by atoms with Crippen LogP contribution in [-0.2, 0) is 55.8 Å². The summed E-state index contributed by atoms with van der Waals surface area (Å²) in [4.78, 5) is 58.0. The molecule has 5 unspecified atom stereocenters. The fourth-order valence-electron chi connectivity index (χ4n) is 7.77. The first-order valence-corrected chi connectivity index (χ1v) is 33.2. The molecule has 0 aliphatic rings. The number of aliphatic hydroxyl groups excluding tert-OH is 2. The molecule has 0 rings (SSSR count). The van der Waals surface area contributed by atoms with Crippen molar-refractivity contribution in [3.63, 3.8) is 0 Å². The molecule has 0 saturated heterocycles. The van der Waals surface area contributed by atoms with Gasteiger partial charge in [0.05, 0.1) is 26.4 Å². The minimum atomic E-state index is -4.92. The predicted octanol–water partition coefficient (Wildman–Crippen LogP) is 15.6. The second-order valence-corrected chi connectivity index (χ2v) is 23.0. The van der Waals surface area contributed by atoms with Crippen molar-refractivity contribution in [2.45, 2.75) is 257 Å². The smallest absolute Gasteiger partial charge is 0.463 e. The van der Waals surface area contributed by atoms with E-state index in [4.69, 9.17) is 32.3 Å². The van der Waals surface area contributed by atoms with Crippen LogP contribution in [0.15, 0.2) is 72.9 Å². The molecule has 0 heterocycles. The number of phosphoric ester groups is 2. The summed E-state index contributed by atoms with van der Waals surface area (Å²) in [6, 6.07) is 0. The zero-order valence-corrected chi connectivity index (χ0v) is 50.8. The van der Waals surface area contributed by atoms with Crippen molar-refractivity contribution in [2.75, 3.05) is 39.6 Å². The number of hydrogen-bond donors (Lipinski definition) is 4. The molecular formula is C61H108O16P2. The Labute approximate surface area is 477 Å². The molecule has 0 aromatic rings. The Morgan fingerprint density at radius 2 is 0.696 bits per heavy atom. The number of phosphoric acid groups is 2. The first-order valence-electron chi connectivity index (χ1n) is 30.2. The minimum absolute atomic E-state index is 0.105. The number of carbonyl (C=O) groups is 3. The van der Waals surface area contributed by atoms with E-state index in [-0.39, 0.29) is 19.3 Å². The fraction of sp³-hybridized carbons (Fsp3) is 0.754. The van der Waals surface area contributed by atoms with Gasteiger partial charge in [-0.05, 0) is 83.5 Å². The summed E-state index contributed by atoms with van der Waals surface area (Å²) in [5.74, 6) is -1.61. The number of ether oxygens (including phenoxy) is 3. The predicted molar refractivity (Wildman–Crippen MR) is 316 cm³/mol. The molecule has 79 heavy (non-hydrogen) atoms. The van der Waals surface area contributed by atoms with Gasteiger partial charge in [-0.25, -0.2) is 9.13 Å². The Kier molecular flexibility index (Phi) is 53.4. The van der Waals surface area contributed by atoms with Crippen LogP contribution < -0.4 is 0 Å². The molecule has 18 heteroatoms. The number of hydrogen-bond acceptors (Lipinski definition) is 14. The zero-order chi connectivity index (χ0) is 58.2. The monoisotopic (exact) mass is 1160 g/mol. The van der Waals surface area contributed by atoms with Crippen molar-refractivity contribution in [1.82, 2.24) is 0 Å². The van der Waals surface area contributed by atoms with Gasteiger partial charge in [-0.15, -0.1) is 0 Å². The number of allylic oxidation sites excluding steroid dienone is 12. The summed E-state index contributed by atoms with van der Waals surface area (Å²) in [5, 5.41) is 20.4. The molecule has 0 aliphatic carbocycles. The van der Waals surface area contributed by atoms with Crippen LogP contribution in [0, 0.1) is 0 Å². The lowest BCUT2D eigenvalue weighted by atomic mass is 10.0. The highest BCUT2D eigenvalue weighted by molar-refractivity contribution is 7.47. The highest BCUT2D eigenvalue weighted by Gasteiger charge is 2.29. The molecule has 4 N–H and O–H groups in total. The Balaban J connectivity index is 4.68. The number of esters is 3. The molecule has 16 nitrogen and oxygen atoms in total. The van der Waals surface area contributed by atoms with E-state index in [0.29, 0.717) is 19.3 Å². The molecule has 0 spiro atoms. The molecule has 0 saturated carbocycles. The third-order valence-electron chi connectivity index (χ3n) is 12.4. The summed E-state index contributed by atoms with van der Waals surface area (Å²) in [6.45, 7) is 2.43. The van der Waals surface area contributed by atoms with Crippen LogP contribution in [0.3, 0.4) is 0 Å². The standard InChI is InChI=1S/C61H108O16P2/c1-4-7-10-13-16-19-22-25-26-27-28-31-33-35-38-41-44-47-59(64)71-50-56(62)51-73-78(67,68)74-52-57(63)53-75-79(69,70)76-55-58(77-61(66)49-46-43-40-37-34-30-24-21-18-15-12-9-6-3)54-72-60(65)48-45-42-39-36-32-29-23-20-17-14-11-8-5-2/h7,10-11,14,16,19-20,23,25-26,28,31,56-58,62-63H,4-6,8-9,12-13,15,17-18,21-22,24,27,29-30,32-55H2,1-3H3,(H,67,68)(H,69,70)/b10-7-,14-11-,19-16-,23-20-,26-25-,31-28-. The zero-order valence-electron chi connectivity index (χ0n) is 49.0. The van der Waals surface area contributed by atoms with Crippen molar-refractivity contribution in [1.29, 1.82) is 0 Å². The molecule has 0 amide bonds. The number of aliphatic hydroxyl groups is 2. The maximum Gasteiger partial charge on any atom is 0.472 e. The van der Waals surface area contributed by atoms with Gasteiger partial charge in [0.25, 0.3) is 0 Å². The molecule has 5 atom stereocenters. The van der Waals surface area contributed by atoms with Crippen LogP contribution >= 0.6 is 15.6 Å². The number of rotatable bonds is 57. The van der Waals surface area contributed by atoms with Gasteiger partial charge in [-0.3, -0.25) is 32.5 Å². The quantitative estimate of drug-likeness (QED) is 0.0146. The molecule has 0 radical (unpaired) electrons. The van der Waals surface area contributed by atoms with Crippen LogP contribution in [0.25, 0.3) is 0 Å². The summed E-state index contributed by atoms with van der Waals surface area (Å²) in [7, 11) is -9.76. The molecular weight excluding hydrogens is 1050 g/mol. The van der Waals surface area contributed by atoms with Crippen molar-refractivity contribution in [3.05, 3.63) is 72.9 Å². The first kappa shape index (κ1) is 76.0. The fourth-order valence-corrected chi connectivity index (χ4v) is 9.36. The second kappa shape index (κ2) is 55.5. The highest BCUT2D eigenvalue weighted by Crippen LogP contribution is 2.45. The van der Waals surface area contributed by atoms with Gasteiger partial charge in [0.1, 0.15) is 25.4 Å². The summed E-state index contributed by atoms with van der Waals surface area (Å²) in [5.41, 5.74) is 0. The topological polar surface area (TPSA) is 231 Å². The number of carbonyl (C=O) groups excluding carboxylic acids is 3. The van der Waals surface area contributed by atoms with E-state index in [1.54, 1.807) is 0 Å². The van der Waals surface area contributed by atoms with E-state index >= 15 is 0 Å². The maximum atomic E-state index is 12.8. The van der Waals surface area contributed by atoms with Crippen LogP contribution in [0.4, 0.5) is 0 Å². The van der Waals surface area contributed by atoms with Gasteiger partial charge in [0.2, 0.25) is 0 Å². The molecule has 0 aliphatic heterocycles. The average molecular weight is 1160 g/mol. The lowest BCUT2D eigenvalue weighted by Crippen LogP contribution is -2.30. The van der Waals surface area contributed by atoms with E-state index in [1.807, 2.05) is 0 Å². The average Bonchev–Trinajstić information content (AvgIpc) is 3.42. The lowest BCUT2D eigenvalue weighted by Gasteiger charge is -2.21. The number of unbranched alkanes of at least 4 members (excludes halogenated alkanes) is 22. The van der Waals surface area contributed by atoms with E-state index in [0.717, 1.165) is 128 Å². The molecule has 0 aromatic carbocycles. The highest BCUT2D eigenvalue weighted by atomic mass is 31.2. The van der Waals surface area contributed by atoms with E-state index in [9.17, 15) is 43.5 Å². The molecule has 0 fully saturated rings. The van der Waals surface area contributed by atoms with Gasteiger partial charge >= 0.3 is 33.6 Å². The normalized spacial score (nSPS) is 15.0. The van der Waals surface area contributed by atoms with Crippen molar-refractivity contribution < 1.29 is 75.8 Å². The molecule has 458 valence electrons. The minimum Gasteiger partial charge on any atom is -0.463 e. The summed E-state index contributed by atoms with van der Waals surface area (Å²) in [6.07, 6.45) is 54.0. The molecule has 0 bridgehead atoms. The Morgan fingerprint density at radius 1 is 0.367 bits per heavy atom.